The highest BCUT2D eigenvalue weighted by atomic mass is 19.1. The van der Waals surface area contributed by atoms with Crippen LogP contribution in [0.5, 0.6) is 0 Å². The molecule has 0 heterocycles. The number of carbonyl (C=O) groups is 2. The molecule has 0 aromatic heterocycles. The quantitative estimate of drug-likeness (QED) is 0.472. The first-order valence-corrected chi connectivity index (χ1v) is 11.4. The molecule has 1 N–H and O–H groups in total. The van der Waals surface area contributed by atoms with Crippen LogP contribution in [-0.2, 0) is 11.2 Å². The summed E-state index contributed by atoms with van der Waals surface area (Å²) in [5.74, 6) is -1.11. The van der Waals surface area contributed by atoms with E-state index in [1.807, 2.05) is 37.2 Å². The van der Waals surface area contributed by atoms with Gasteiger partial charge in [-0.3, -0.25) is 14.0 Å². The van der Waals surface area contributed by atoms with Crippen LogP contribution in [-0.4, -0.2) is 49.9 Å². The summed E-state index contributed by atoms with van der Waals surface area (Å²) in [6, 6.07) is 14.5. The Hall–Kier alpha value is -2.60. The third-order valence-corrected chi connectivity index (χ3v) is 6.03. The maximum absolute atomic E-state index is 14.4. The number of ketones is 1. The lowest BCUT2D eigenvalue weighted by atomic mass is 9.74. The molecule has 0 spiro atoms. The van der Waals surface area contributed by atoms with Gasteiger partial charge in [0.1, 0.15) is 5.82 Å². The first-order valence-electron chi connectivity index (χ1n) is 11.4. The van der Waals surface area contributed by atoms with Crippen molar-refractivity contribution < 1.29 is 18.4 Å². The molecule has 0 radical (unpaired) electrons. The smallest absolute Gasteiger partial charge is 0.220 e. The van der Waals surface area contributed by atoms with Crippen molar-refractivity contribution in [2.45, 2.75) is 52.0 Å². The molecule has 0 fully saturated rings. The molecular formula is C27H36F2N2O2. The van der Waals surface area contributed by atoms with Gasteiger partial charge in [0.15, 0.2) is 5.78 Å². The van der Waals surface area contributed by atoms with E-state index in [0.29, 0.717) is 24.9 Å². The highest BCUT2D eigenvalue weighted by Crippen LogP contribution is 2.37. The average Bonchev–Trinajstić information content (AvgIpc) is 2.74. The van der Waals surface area contributed by atoms with Crippen molar-refractivity contribution in [3.05, 3.63) is 71.0 Å². The summed E-state index contributed by atoms with van der Waals surface area (Å²) in [6.07, 6.45) is 0.567. The summed E-state index contributed by atoms with van der Waals surface area (Å²) in [5.41, 5.74) is 1.70. The Kier molecular flexibility index (Phi) is 9.71. The third-order valence-electron chi connectivity index (χ3n) is 6.03. The van der Waals surface area contributed by atoms with Crippen LogP contribution in [0.3, 0.4) is 0 Å². The number of likely N-dealkylation sites (N-methyl/N-ethyl adjacent to an activating group) is 1. The molecule has 0 aliphatic heterocycles. The predicted octanol–water partition coefficient (Wildman–Crippen LogP) is 5.18. The highest BCUT2D eigenvalue weighted by molar-refractivity contribution is 5.96. The van der Waals surface area contributed by atoms with Gasteiger partial charge in [0, 0.05) is 25.4 Å². The number of nitrogens with zero attached hydrogens (tertiary/aromatic N) is 1. The topological polar surface area (TPSA) is 49.4 Å². The summed E-state index contributed by atoms with van der Waals surface area (Å²) in [6.45, 7) is 6.02. The second-order valence-corrected chi connectivity index (χ2v) is 9.84. The Morgan fingerprint density at radius 3 is 2.27 bits per heavy atom. The summed E-state index contributed by atoms with van der Waals surface area (Å²) in [4.78, 5) is 26.6. The maximum atomic E-state index is 14.4. The van der Waals surface area contributed by atoms with Crippen LogP contribution in [0.15, 0.2) is 48.5 Å². The summed E-state index contributed by atoms with van der Waals surface area (Å²) >= 11 is 0. The average molecular weight is 459 g/mol. The Labute approximate surface area is 196 Å². The predicted molar refractivity (Wildman–Crippen MR) is 129 cm³/mol. The monoisotopic (exact) mass is 458 g/mol. The van der Waals surface area contributed by atoms with Crippen LogP contribution >= 0.6 is 0 Å². The zero-order valence-electron chi connectivity index (χ0n) is 20.3. The van der Waals surface area contributed by atoms with E-state index in [9.17, 15) is 18.4 Å². The SMILES string of the molecule is CN(C)[C@H](CNC(=O)C[C@H](c1ccccc1)C(C)(C)C)Cc1ccc(C(=O)CCF)c(F)c1. The van der Waals surface area contributed by atoms with Crippen LogP contribution in [0.2, 0.25) is 0 Å². The summed E-state index contributed by atoms with van der Waals surface area (Å²) < 4.78 is 26.8. The molecule has 4 nitrogen and oxygen atoms in total. The standard InChI is InChI=1S/C27H36F2N2O2/c1-27(2,3)23(20-9-7-6-8-10-20)17-26(33)30-18-21(31(4)5)15-19-11-12-22(24(29)16-19)25(32)13-14-28/h6-12,16,21,23H,13-15,17-18H2,1-5H3,(H,30,33)/t21-,23+/m0/s1. The Morgan fingerprint density at radius 2 is 1.73 bits per heavy atom. The zero-order chi connectivity index (χ0) is 24.6. The van der Waals surface area contributed by atoms with Gasteiger partial charge in [-0.25, -0.2) is 4.39 Å². The number of carbonyl (C=O) groups excluding carboxylic acids is 2. The van der Waals surface area contributed by atoms with E-state index < -0.39 is 18.3 Å². The van der Waals surface area contributed by atoms with Gasteiger partial charge in [-0.1, -0.05) is 57.2 Å². The number of halogens is 2. The van der Waals surface area contributed by atoms with E-state index in [2.05, 4.69) is 38.2 Å². The number of Topliss-reactive ketones (excluding diaryl/α,β-unsaturated/α-hetero) is 1. The lowest BCUT2D eigenvalue weighted by Crippen LogP contribution is -2.42. The first kappa shape index (κ1) is 26.7. The number of benzene rings is 2. The van der Waals surface area contributed by atoms with Gasteiger partial charge in [-0.2, -0.15) is 0 Å². The normalized spacial score (nSPS) is 13.6. The van der Waals surface area contributed by atoms with Crippen LogP contribution in [0.4, 0.5) is 8.78 Å². The molecule has 2 aromatic carbocycles. The largest absolute Gasteiger partial charge is 0.355 e. The van der Waals surface area contributed by atoms with Crippen molar-refractivity contribution in [2.75, 3.05) is 27.3 Å². The molecular weight excluding hydrogens is 422 g/mol. The van der Waals surface area contributed by atoms with Crippen LogP contribution < -0.4 is 5.32 Å². The second-order valence-electron chi connectivity index (χ2n) is 9.84. The van der Waals surface area contributed by atoms with Crippen LogP contribution in [0.1, 0.15) is 61.0 Å². The molecule has 0 aliphatic carbocycles. The van der Waals surface area contributed by atoms with E-state index in [1.54, 1.807) is 6.07 Å². The van der Waals surface area contributed by atoms with Crippen molar-refractivity contribution >= 4 is 11.7 Å². The minimum Gasteiger partial charge on any atom is -0.355 e. The molecule has 0 bridgehead atoms. The number of nitrogens with one attached hydrogen (secondary N) is 1. The third kappa shape index (κ3) is 8.04. The molecule has 6 heteroatoms. The fourth-order valence-electron chi connectivity index (χ4n) is 3.94. The number of rotatable bonds is 11. The Balaban J connectivity index is 2.03. The lowest BCUT2D eigenvalue weighted by molar-refractivity contribution is -0.122. The van der Waals surface area contributed by atoms with Gasteiger partial charge < -0.3 is 10.2 Å². The van der Waals surface area contributed by atoms with Gasteiger partial charge >= 0.3 is 0 Å². The van der Waals surface area contributed by atoms with Crippen molar-refractivity contribution in [2.24, 2.45) is 5.41 Å². The molecule has 0 saturated carbocycles. The van der Waals surface area contributed by atoms with Gasteiger partial charge in [-0.15, -0.1) is 0 Å². The Morgan fingerprint density at radius 1 is 1.06 bits per heavy atom. The van der Waals surface area contributed by atoms with E-state index in [1.165, 1.54) is 12.1 Å². The number of hydrogen-bond donors (Lipinski definition) is 1. The molecule has 180 valence electrons. The minimum atomic E-state index is -0.803. The molecule has 2 atom stereocenters. The molecule has 33 heavy (non-hydrogen) atoms. The summed E-state index contributed by atoms with van der Waals surface area (Å²) in [5, 5.41) is 3.05. The molecule has 0 saturated heterocycles. The molecule has 0 aliphatic rings. The molecule has 2 rings (SSSR count). The van der Waals surface area contributed by atoms with Gasteiger partial charge in [0.25, 0.3) is 0 Å². The number of amides is 1. The Bertz CT molecular complexity index is 923. The van der Waals surface area contributed by atoms with Crippen molar-refractivity contribution in [3.8, 4) is 0 Å². The van der Waals surface area contributed by atoms with E-state index >= 15 is 0 Å². The minimum absolute atomic E-state index is 0.0241. The van der Waals surface area contributed by atoms with E-state index in [0.717, 1.165) is 5.56 Å². The van der Waals surface area contributed by atoms with Crippen molar-refractivity contribution in [1.82, 2.24) is 10.2 Å². The molecule has 1 amide bonds. The van der Waals surface area contributed by atoms with Gasteiger partial charge in [0.2, 0.25) is 5.91 Å². The molecule has 0 unspecified atom stereocenters. The fraction of sp³-hybridized carbons (Fsp3) is 0.481. The first-order chi connectivity index (χ1) is 15.5. The van der Waals surface area contributed by atoms with Crippen LogP contribution in [0, 0.1) is 11.2 Å². The lowest BCUT2D eigenvalue weighted by Gasteiger charge is -2.31. The fourth-order valence-corrected chi connectivity index (χ4v) is 3.94. The molecule has 2 aromatic rings. The van der Waals surface area contributed by atoms with Gasteiger partial charge in [-0.05, 0) is 55.1 Å². The number of hydrogen-bond acceptors (Lipinski definition) is 3. The highest BCUT2D eigenvalue weighted by Gasteiger charge is 2.28. The van der Waals surface area contributed by atoms with Crippen molar-refractivity contribution in [1.29, 1.82) is 0 Å². The maximum Gasteiger partial charge on any atom is 0.220 e. The summed E-state index contributed by atoms with van der Waals surface area (Å²) in [7, 11) is 3.82. The van der Waals surface area contributed by atoms with Crippen LogP contribution in [0.25, 0.3) is 0 Å². The zero-order valence-corrected chi connectivity index (χ0v) is 20.3. The van der Waals surface area contributed by atoms with Gasteiger partial charge in [0.05, 0.1) is 12.2 Å². The number of alkyl halides is 1. The van der Waals surface area contributed by atoms with E-state index in [-0.39, 0.29) is 35.3 Å². The van der Waals surface area contributed by atoms with E-state index in [4.69, 9.17) is 0 Å². The second kappa shape index (κ2) is 12.0. The van der Waals surface area contributed by atoms with Crippen molar-refractivity contribution in [3.63, 3.8) is 0 Å².